The van der Waals surface area contributed by atoms with E-state index in [9.17, 15) is 26.7 Å². The second-order valence-electron chi connectivity index (χ2n) is 3.17. The van der Waals surface area contributed by atoms with Crippen LogP contribution >= 0.6 is 8.96 Å². The number of aldehydes is 1. The Kier molecular flexibility index (Phi) is 4.98. The van der Waals surface area contributed by atoms with Crippen LogP contribution in [0.15, 0.2) is 0 Å². The van der Waals surface area contributed by atoms with Crippen molar-refractivity contribution in [2.24, 2.45) is 0 Å². The predicted octanol–water partition coefficient (Wildman–Crippen LogP) is 2.45. The summed E-state index contributed by atoms with van der Waals surface area (Å²) >= 11 is 0. The highest BCUT2D eigenvalue weighted by Gasteiger charge is 2.27. The van der Waals surface area contributed by atoms with Crippen molar-refractivity contribution in [3.8, 4) is 5.75 Å². The monoisotopic (exact) mass is 287 g/mol. The first-order valence-corrected chi connectivity index (χ1v) is 5.45. The fourth-order valence-corrected chi connectivity index (χ4v) is 1.48. The first kappa shape index (κ1) is 14.8. The van der Waals surface area contributed by atoms with E-state index in [1.807, 2.05) is 0 Å². The molecule has 2 unspecified atom stereocenters. The SMILES string of the molecule is CC(C=O)NPOc1c(F)c(F)c(F)c(F)c1F. The number of carbonyl (C=O) groups excluding carboxylic acids is 1. The largest absolute Gasteiger partial charge is 0.455 e. The molecule has 9 heteroatoms. The van der Waals surface area contributed by atoms with Crippen LogP contribution in [0.4, 0.5) is 22.0 Å². The summed E-state index contributed by atoms with van der Waals surface area (Å²) in [7, 11) is -0.838. The maximum atomic E-state index is 13.1. The minimum Gasteiger partial charge on any atom is -0.455 e. The highest BCUT2D eigenvalue weighted by atomic mass is 31.1. The van der Waals surface area contributed by atoms with E-state index in [-0.39, 0.29) is 0 Å². The molecule has 0 aliphatic carbocycles. The minimum atomic E-state index is -2.25. The summed E-state index contributed by atoms with van der Waals surface area (Å²) < 4.78 is 68.7. The van der Waals surface area contributed by atoms with Crippen LogP contribution in [0.2, 0.25) is 0 Å². The molecule has 2 atom stereocenters. The van der Waals surface area contributed by atoms with Crippen molar-refractivity contribution in [2.45, 2.75) is 13.0 Å². The Morgan fingerprint density at radius 1 is 1.06 bits per heavy atom. The summed E-state index contributed by atoms with van der Waals surface area (Å²) in [6.45, 7) is 1.42. The molecule has 0 aromatic heterocycles. The topological polar surface area (TPSA) is 38.3 Å². The summed E-state index contributed by atoms with van der Waals surface area (Å²) in [5.74, 6) is -11.9. The molecule has 0 aliphatic heterocycles. The van der Waals surface area contributed by atoms with Crippen LogP contribution in [0.3, 0.4) is 0 Å². The minimum absolute atomic E-state index is 0.481. The molecule has 0 heterocycles. The molecule has 0 saturated heterocycles. The van der Waals surface area contributed by atoms with Crippen LogP contribution in [0.5, 0.6) is 5.75 Å². The molecule has 1 aromatic rings. The molecule has 0 aliphatic rings. The molecule has 0 amide bonds. The number of hydrogen-bond donors (Lipinski definition) is 1. The van der Waals surface area contributed by atoms with E-state index in [2.05, 4.69) is 9.61 Å². The van der Waals surface area contributed by atoms with Gasteiger partial charge in [-0.05, 0) is 6.92 Å². The van der Waals surface area contributed by atoms with Crippen molar-refractivity contribution in [2.75, 3.05) is 0 Å². The van der Waals surface area contributed by atoms with Crippen molar-refractivity contribution in [1.82, 2.24) is 5.09 Å². The van der Waals surface area contributed by atoms with Crippen LogP contribution in [-0.2, 0) is 4.79 Å². The molecule has 100 valence electrons. The first-order chi connectivity index (χ1) is 8.40. The second kappa shape index (κ2) is 6.06. The van der Waals surface area contributed by atoms with Gasteiger partial charge in [-0.3, -0.25) is 5.09 Å². The summed E-state index contributed by atoms with van der Waals surface area (Å²) in [5.41, 5.74) is 0. The van der Waals surface area contributed by atoms with Gasteiger partial charge in [0.25, 0.3) is 0 Å². The Bertz CT molecular complexity index is 442. The van der Waals surface area contributed by atoms with E-state index in [1.165, 1.54) is 6.92 Å². The summed E-state index contributed by atoms with van der Waals surface area (Å²) in [5, 5.41) is 2.35. The number of halogens is 5. The third-order valence-electron chi connectivity index (χ3n) is 1.81. The van der Waals surface area contributed by atoms with E-state index >= 15 is 0 Å². The van der Waals surface area contributed by atoms with E-state index in [0.717, 1.165) is 0 Å². The predicted molar refractivity (Wildman–Crippen MR) is 53.8 cm³/mol. The van der Waals surface area contributed by atoms with Gasteiger partial charge >= 0.3 is 0 Å². The van der Waals surface area contributed by atoms with E-state index in [4.69, 9.17) is 0 Å². The average molecular weight is 287 g/mol. The summed E-state index contributed by atoms with van der Waals surface area (Å²) in [6.07, 6.45) is 0.481. The van der Waals surface area contributed by atoms with Gasteiger partial charge in [0, 0.05) is 0 Å². The van der Waals surface area contributed by atoms with Crippen LogP contribution < -0.4 is 9.61 Å². The lowest BCUT2D eigenvalue weighted by Gasteiger charge is -2.11. The zero-order valence-corrected chi connectivity index (χ0v) is 9.86. The van der Waals surface area contributed by atoms with Gasteiger partial charge in [0.15, 0.2) is 0 Å². The Morgan fingerprint density at radius 2 is 1.50 bits per heavy atom. The Balaban J connectivity index is 2.92. The first-order valence-electron chi connectivity index (χ1n) is 4.54. The molecule has 1 N–H and O–H groups in total. The molecular formula is C9H7F5NO2P. The highest BCUT2D eigenvalue weighted by Crippen LogP contribution is 2.31. The average Bonchev–Trinajstić information content (AvgIpc) is 2.37. The van der Waals surface area contributed by atoms with E-state index < -0.39 is 49.8 Å². The standard InChI is InChI=1S/C9H7F5NO2P/c1-3(2-16)15-18-17-9-7(13)5(11)4(10)6(12)8(9)14/h2-3,15,18H,1H3. The molecule has 1 aromatic carbocycles. The van der Waals surface area contributed by atoms with Crippen molar-refractivity contribution in [3.63, 3.8) is 0 Å². The molecule has 0 spiro atoms. The van der Waals surface area contributed by atoms with Crippen LogP contribution in [-0.4, -0.2) is 12.3 Å². The Hall–Kier alpha value is -1.27. The van der Waals surface area contributed by atoms with Crippen LogP contribution in [0.25, 0.3) is 0 Å². The summed E-state index contributed by atoms with van der Waals surface area (Å²) in [4.78, 5) is 10.2. The van der Waals surface area contributed by atoms with Gasteiger partial charge in [-0.15, -0.1) is 0 Å². The van der Waals surface area contributed by atoms with E-state index in [1.54, 1.807) is 0 Å². The number of hydrogen-bond acceptors (Lipinski definition) is 3. The number of nitrogens with one attached hydrogen (secondary N) is 1. The maximum Gasteiger partial charge on any atom is 0.207 e. The highest BCUT2D eigenvalue weighted by molar-refractivity contribution is 7.30. The summed E-state index contributed by atoms with van der Waals surface area (Å²) in [6, 6.07) is -0.676. The number of rotatable bonds is 5. The quantitative estimate of drug-likeness (QED) is 0.297. The van der Waals surface area contributed by atoms with Crippen LogP contribution in [0.1, 0.15) is 6.92 Å². The molecule has 0 fully saturated rings. The van der Waals surface area contributed by atoms with Crippen LogP contribution in [0, 0.1) is 29.1 Å². The van der Waals surface area contributed by atoms with Gasteiger partial charge < -0.3 is 9.32 Å². The fraction of sp³-hybridized carbons (Fsp3) is 0.222. The second-order valence-corrected chi connectivity index (χ2v) is 3.87. The van der Waals surface area contributed by atoms with Crippen molar-refractivity contribution >= 4 is 15.2 Å². The molecule has 18 heavy (non-hydrogen) atoms. The molecule has 1 rings (SSSR count). The van der Waals surface area contributed by atoms with Gasteiger partial charge in [-0.25, -0.2) is 13.2 Å². The zero-order valence-electron chi connectivity index (χ0n) is 8.86. The van der Waals surface area contributed by atoms with E-state index in [0.29, 0.717) is 6.29 Å². The molecule has 3 nitrogen and oxygen atoms in total. The third kappa shape index (κ3) is 2.94. The zero-order chi connectivity index (χ0) is 13.9. The molecule has 0 radical (unpaired) electrons. The smallest absolute Gasteiger partial charge is 0.207 e. The lowest BCUT2D eigenvalue weighted by Crippen LogP contribution is -2.20. The normalized spacial score (nSPS) is 13.0. The van der Waals surface area contributed by atoms with Gasteiger partial charge in [-0.2, -0.15) is 8.78 Å². The lowest BCUT2D eigenvalue weighted by molar-refractivity contribution is -0.108. The third-order valence-corrected chi connectivity index (χ3v) is 2.69. The van der Waals surface area contributed by atoms with Crippen molar-refractivity contribution in [1.29, 1.82) is 0 Å². The molecular weight excluding hydrogens is 280 g/mol. The fourth-order valence-electron chi connectivity index (χ4n) is 0.882. The lowest BCUT2D eigenvalue weighted by atomic mass is 10.3. The van der Waals surface area contributed by atoms with Crippen molar-refractivity contribution < 1.29 is 31.3 Å². The van der Waals surface area contributed by atoms with Gasteiger partial charge in [0.05, 0.1) is 6.04 Å². The Labute approximate surface area is 100 Å². The number of benzene rings is 1. The van der Waals surface area contributed by atoms with Gasteiger partial charge in [-0.1, -0.05) is 0 Å². The Morgan fingerprint density at radius 3 is 1.94 bits per heavy atom. The maximum absolute atomic E-state index is 13.1. The van der Waals surface area contributed by atoms with Crippen molar-refractivity contribution in [3.05, 3.63) is 29.1 Å². The molecule has 0 saturated carbocycles. The van der Waals surface area contributed by atoms with Gasteiger partial charge in [0.2, 0.25) is 34.8 Å². The van der Waals surface area contributed by atoms with Gasteiger partial charge in [0.1, 0.15) is 15.2 Å². The number of carbonyl (C=O) groups is 1. The molecule has 0 bridgehead atoms.